The van der Waals surface area contributed by atoms with Crippen molar-refractivity contribution in [1.82, 2.24) is 10.2 Å². The van der Waals surface area contributed by atoms with Crippen LogP contribution in [0.2, 0.25) is 10.0 Å². The first-order valence-electron chi connectivity index (χ1n) is 12.3. The predicted octanol–water partition coefficient (Wildman–Crippen LogP) is 6.28. The Bertz CT molecular complexity index is 1420. The molecule has 0 bridgehead atoms. The number of hydrogen-bond acceptors (Lipinski definition) is 4. The average molecular weight is 655 g/mol. The van der Waals surface area contributed by atoms with E-state index in [9.17, 15) is 18.0 Å². The molecule has 7 nitrogen and oxygen atoms in total. The van der Waals surface area contributed by atoms with E-state index in [1.165, 1.54) is 35.2 Å². The van der Waals surface area contributed by atoms with Gasteiger partial charge >= 0.3 is 0 Å². The maximum atomic E-state index is 13.9. The van der Waals surface area contributed by atoms with Crippen LogP contribution in [0.1, 0.15) is 32.8 Å². The van der Waals surface area contributed by atoms with Crippen molar-refractivity contribution in [3.05, 3.63) is 92.9 Å². The van der Waals surface area contributed by atoms with Gasteiger partial charge in [-0.2, -0.15) is 0 Å². The van der Waals surface area contributed by atoms with Gasteiger partial charge in [-0.05, 0) is 68.3 Å². The molecule has 11 heteroatoms. The number of carbonyl (C=O) groups is 2. The Morgan fingerprint density at radius 2 is 1.64 bits per heavy atom. The molecular formula is C28H30BrCl2N3O4S. The number of halogens is 3. The topological polar surface area (TPSA) is 86.8 Å². The average Bonchev–Trinajstić information content (AvgIpc) is 2.91. The Kier molecular flexibility index (Phi) is 10.8. The second-order valence-electron chi connectivity index (χ2n) is 9.07. The highest BCUT2D eigenvalue weighted by molar-refractivity contribution is 9.10. The lowest BCUT2D eigenvalue weighted by Crippen LogP contribution is -2.52. The molecule has 2 atom stereocenters. The highest BCUT2D eigenvalue weighted by Gasteiger charge is 2.33. The molecule has 3 aromatic carbocycles. The zero-order valence-electron chi connectivity index (χ0n) is 21.8. The highest BCUT2D eigenvalue weighted by atomic mass is 79.9. The van der Waals surface area contributed by atoms with Crippen molar-refractivity contribution in [2.45, 2.75) is 50.7 Å². The van der Waals surface area contributed by atoms with Crippen molar-refractivity contribution in [1.29, 1.82) is 0 Å². The molecule has 0 spiro atoms. The molecule has 0 aromatic heterocycles. The van der Waals surface area contributed by atoms with Crippen LogP contribution in [0.25, 0.3) is 0 Å². The van der Waals surface area contributed by atoms with Gasteiger partial charge in [-0.15, -0.1) is 0 Å². The highest BCUT2D eigenvalue weighted by Crippen LogP contribution is 2.31. The van der Waals surface area contributed by atoms with Gasteiger partial charge in [0, 0.05) is 17.1 Å². The van der Waals surface area contributed by atoms with Crippen molar-refractivity contribution < 1.29 is 18.0 Å². The van der Waals surface area contributed by atoms with Crippen LogP contribution < -0.4 is 9.62 Å². The first kappa shape index (κ1) is 30.9. The monoisotopic (exact) mass is 653 g/mol. The molecule has 208 valence electrons. The first-order chi connectivity index (χ1) is 18.4. The SMILES string of the molecule is CC[C@H](C)NC(=O)[C@@H](C)N(Cc1cccc(Br)c1)C(=O)CN(c1ccc(Cl)c(Cl)c1)S(=O)(=O)c1ccccc1. The van der Waals surface area contributed by atoms with E-state index in [0.29, 0.717) is 0 Å². The number of anilines is 1. The molecule has 0 fully saturated rings. The van der Waals surface area contributed by atoms with E-state index in [1.807, 2.05) is 38.1 Å². The van der Waals surface area contributed by atoms with Gasteiger partial charge in [0.15, 0.2) is 0 Å². The van der Waals surface area contributed by atoms with Crippen LogP contribution in [0.3, 0.4) is 0 Å². The van der Waals surface area contributed by atoms with Gasteiger partial charge in [0.2, 0.25) is 11.8 Å². The zero-order valence-corrected chi connectivity index (χ0v) is 25.7. The van der Waals surface area contributed by atoms with Crippen molar-refractivity contribution in [3.8, 4) is 0 Å². The maximum absolute atomic E-state index is 13.9. The molecule has 0 aliphatic carbocycles. The Balaban J connectivity index is 2.04. The van der Waals surface area contributed by atoms with Crippen LogP contribution in [0.5, 0.6) is 0 Å². The zero-order chi connectivity index (χ0) is 28.7. The van der Waals surface area contributed by atoms with E-state index in [1.54, 1.807) is 25.1 Å². The molecule has 3 rings (SSSR count). The molecule has 0 saturated heterocycles. The van der Waals surface area contributed by atoms with Crippen LogP contribution in [0, 0.1) is 0 Å². The minimum absolute atomic E-state index is 0.00461. The molecule has 0 aliphatic heterocycles. The number of amides is 2. The molecule has 1 N–H and O–H groups in total. The van der Waals surface area contributed by atoms with Crippen LogP contribution in [-0.4, -0.2) is 43.8 Å². The number of rotatable bonds is 11. The third-order valence-corrected chi connectivity index (χ3v) is 9.23. The van der Waals surface area contributed by atoms with Crippen LogP contribution >= 0.6 is 39.1 Å². The smallest absolute Gasteiger partial charge is 0.264 e. The Morgan fingerprint density at radius 3 is 2.26 bits per heavy atom. The number of hydrogen-bond donors (Lipinski definition) is 1. The van der Waals surface area contributed by atoms with Crippen molar-refractivity contribution >= 4 is 66.7 Å². The number of benzene rings is 3. The summed E-state index contributed by atoms with van der Waals surface area (Å²) < 4.78 is 29.3. The summed E-state index contributed by atoms with van der Waals surface area (Å²) in [4.78, 5) is 28.4. The summed E-state index contributed by atoms with van der Waals surface area (Å²) in [7, 11) is -4.18. The number of nitrogens with zero attached hydrogens (tertiary/aromatic N) is 2. The fourth-order valence-electron chi connectivity index (χ4n) is 3.77. The summed E-state index contributed by atoms with van der Waals surface area (Å²) in [6, 6.07) is 18.6. The third-order valence-electron chi connectivity index (χ3n) is 6.21. The van der Waals surface area contributed by atoms with E-state index in [-0.39, 0.29) is 39.1 Å². The van der Waals surface area contributed by atoms with E-state index < -0.39 is 28.5 Å². The quantitative estimate of drug-likeness (QED) is 0.264. The lowest BCUT2D eigenvalue weighted by Gasteiger charge is -2.32. The van der Waals surface area contributed by atoms with E-state index in [0.717, 1.165) is 20.8 Å². The van der Waals surface area contributed by atoms with Gasteiger partial charge < -0.3 is 10.2 Å². The summed E-state index contributed by atoms with van der Waals surface area (Å²) in [5.41, 5.74) is 0.939. The fraction of sp³-hybridized carbons (Fsp3) is 0.286. The number of sulfonamides is 1. The molecule has 0 unspecified atom stereocenters. The minimum Gasteiger partial charge on any atom is -0.352 e. The second kappa shape index (κ2) is 13.7. The third kappa shape index (κ3) is 7.97. The van der Waals surface area contributed by atoms with Gasteiger partial charge in [-0.25, -0.2) is 8.42 Å². The Morgan fingerprint density at radius 1 is 0.949 bits per heavy atom. The fourth-order valence-corrected chi connectivity index (χ4v) is 5.93. The van der Waals surface area contributed by atoms with Crippen molar-refractivity contribution in [2.75, 3.05) is 10.8 Å². The molecule has 0 saturated carbocycles. The van der Waals surface area contributed by atoms with Crippen LogP contribution in [0.4, 0.5) is 5.69 Å². The molecule has 2 amide bonds. The van der Waals surface area contributed by atoms with Crippen LogP contribution in [-0.2, 0) is 26.2 Å². The Labute approximate surface area is 248 Å². The van der Waals surface area contributed by atoms with Crippen LogP contribution in [0.15, 0.2) is 82.2 Å². The number of carbonyl (C=O) groups excluding carboxylic acids is 2. The molecule has 3 aromatic rings. The van der Waals surface area contributed by atoms with Gasteiger partial charge in [0.1, 0.15) is 12.6 Å². The molecule has 0 heterocycles. The van der Waals surface area contributed by atoms with Gasteiger partial charge in [0.05, 0.1) is 20.6 Å². The maximum Gasteiger partial charge on any atom is 0.264 e. The minimum atomic E-state index is -4.18. The van der Waals surface area contributed by atoms with Crippen molar-refractivity contribution in [2.24, 2.45) is 0 Å². The molecular weight excluding hydrogens is 625 g/mol. The lowest BCUT2D eigenvalue weighted by atomic mass is 10.1. The summed E-state index contributed by atoms with van der Waals surface area (Å²) in [6.45, 7) is 4.98. The first-order valence-corrected chi connectivity index (χ1v) is 15.3. The van der Waals surface area contributed by atoms with Crippen molar-refractivity contribution in [3.63, 3.8) is 0 Å². The van der Waals surface area contributed by atoms with E-state index in [4.69, 9.17) is 23.2 Å². The van der Waals surface area contributed by atoms with E-state index >= 15 is 0 Å². The standard InChI is InChI=1S/C28H30BrCl2N3O4S/c1-4-19(2)32-28(36)20(3)33(17-21-9-8-10-22(29)15-21)27(35)18-34(23-13-14-25(30)26(31)16-23)39(37,38)24-11-6-5-7-12-24/h5-16,19-20H,4,17-18H2,1-3H3,(H,32,36)/t19-,20+/m0/s1. The predicted molar refractivity (Wildman–Crippen MR) is 159 cm³/mol. The van der Waals surface area contributed by atoms with E-state index in [2.05, 4.69) is 21.2 Å². The Hall–Kier alpha value is -2.59. The summed E-state index contributed by atoms with van der Waals surface area (Å²) in [5.74, 6) is -0.896. The molecule has 0 aliphatic rings. The summed E-state index contributed by atoms with van der Waals surface area (Å²) in [5, 5.41) is 3.30. The lowest BCUT2D eigenvalue weighted by molar-refractivity contribution is -0.139. The van der Waals surface area contributed by atoms with Gasteiger partial charge in [0.25, 0.3) is 10.0 Å². The molecule has 39 heavy (non-hydrogen) atoms. The van der Waals surface area contributed by atoms with Gasteiger partial charge in [-0.3, -0.25) is 13.9 Å². The molecule has 0 radical (unpaired) electrons. The summed E-state index contributed by atoms with van der Waals surface area (Å²) in [6.07, 6.45) is 0.721. The number of nitrogens with one attached hydrogen (secondary N) is 1. The second-order valence-corrected chi connectivity index (χ2v) is 12.7. The largest absolute Gasteiger partial charge is 0.352 e. The summed E-state index contributed by atoms with van der Waals surface area (Å²) >= 11 is 15.7. The normalized spacial score (nSPS) is 12.9. The van der Waals surface area contributed by atoms with Gasteiger partial charge in [-0.1, -0.05) is 76.4 Å².